The van der Waals surface area contributed by atoms with Crippen LogP contribution in [0.5, 0.6) is 0 Å². The Morgan fingerprint density at radius 2 is 2.35 bits per heavy atom. The Morgan fingerprint density at radius 3 is 3.06 bits per heavy atom. The average molecular weight is 271 g/mol. The summed E-state index contributed by atoms with van der Waals surface area (Å²) in [5.74, 6) is 0.603. The van der Waals surface area contributed by atoms with Gasteiger partial charge in [0.2, 0.25) is 5.13 Å². The minimum Gasteiger partial charge on any atom is -0.383 e. The zero-order chi connectivity index (χ0) is 12.1. The maximum Gasteiger partial charge on any atom is 0.203 e. The number of aromatic nitrogens is 3. The molecule has 2 aromatic rings. The first kappa shape index (κ1) is 12.2. The van der Waals surface area contributed by atoms with Crippen LogP contribution in [0.3, 0.4) is 0 Å². The molecule has 0 radical (unpaired) electrons. The first-order valence-electron chi connectivity index (χ1n) is 4.98. The Labute approximate surface area is 108 Å². The highest BCUT2D eigenvalue weighted by Crippen LogP contribution is 2.20. The molecule has 0 atom stereocenters. The molecule has 0 aliphatic rings. The summed E-state index contributed by atoms with van der Waals surface area (Å²) in [5, 5.41) is 4.47. The van der Waals surface area contributed by atoms with Crippen molar-refractivity contribution in [2.24, 2.45) is 0 Å². The molecule has 5 nitrogen and oxygen atoms in total. The number of ether oxygens (including phenoxy) is 1. The van der Waals surface area contributed by atoms with Crippen molar-refractivity contribution in [2.75, 3.05) is 25.6 Å². The standard InChI is InChI=1S/C10H11ClN4OS/c1-16-5-4-12-10-14-9(15-17-10)8-3-2-7(11)6-13-8/h2-3,6H,4-5H2,1H3,(H,12,14,15). The van der Waals surface area contributed by atoms with E-state index in [-0.39, 0.29) is 0 Å². The van der Waals surface area contributed by atoms with Crippen molar-refractivity contribution in [3.8, 4) is 11.5 Å². The second-order valence-electron chi connectivity index (χ2n) is 3.20. The molecule has 7 heteroatoms. The molecule has 0 unspecified atom stereocenters. The molecule has 2 heterocycles. The molecule has 2 aromatic heterocycles. The number of hydrogen-bond donors (Lipinski definition) is 1. The molecule has 0 bridgehead atoms. The van der Waals surface area contributed by atoms with Gasteiger partial charge in [0.1, 0.15) is 5.69 Å². The van der Waals surface area contributed by atoms with Gasteiger partial charge in [-0.15, -0.1) is 0 Å². The van der Waals surface area contributed by atoms with Gasteiger partial charge in [-0.05, 0) is 12.1 Å². The van der Waals surface area contributed by atoms with E-state index in [9.17, 15) is 0 Å². The second-order valence-corrected chi connectivity index (χ2v) is 4.39. The first-order chi connectivity index (χ1) is 8.29. The van der Waals surface area contributed by atoms with Crippen LogP contribution in [0.1, 0.15) is 0 Å². The van der Waals surface area contributed by atoms with Crippen molar-refractivity contribution >= 4 is 28.3 Å². The van der Waals surface area contributed by atoms with Crippen LogP contribution in [0.4, 0.5) is 5.13 Å². The number of methoxy groups -OCH3 is 1. The third-order valence-corrected chi connectivity index (χ3v) is 2.86. The Hall–Kier alpha value is -1.24. The number of pyridine rings is 1. The lowest BCUT2D eigenvalue weighted by molar-refractivity contribution is 0.211. The lowest BCUT2D eigenvalue weighted by Crippen LogP contribution is -2.07. The number of halogens is 1. The lowest BCUT2D eigenvalue weighted by Gasteiger charge is -1.99. The Morgan fingerprint density at radius 1 is 1.47 bits per heavy atom. The molecule has 0 aliphatic carbocycles. The van der Waals surface area contributed by atoms with E-state index in [4.69, 9.17) is 16.3 Å². The summed E-state index contributed by atoms with van der Waals surface area (Å²) < 4.78 is 9.15. The predicted octanol–water partition coefficient (Wildman–Crippen LogP) is 2.31. The summed E-state index contributed by atoms with van der Waals surface area (Å²) in [4.78, 5) is 8.47. The van der Waals surface area contributed by atoms with Crippen LogP contribution in [-0.4, -0.2) is 34.6 Å². The van der Waals surface area contributed by atoms with Crippen LogP contribution in [0, 0.1) is 0 Å². The normalized spacial score (nSPS) is 10.5. The van der Waals surface area contributed by atoms with Crippen LogP contribution >= 0.6 is 23.1 Å². The van der Waals surface area contributed by atoms with Crippen LogP contribution in [-0.2, 0) is 4.74 Å². The van der Waals surface area contributed by atoms with Crippen molar-refractivity contribution < 1.29 is 4.74 Å². The third-order valence-electron chi connectivity index (χ3n) is 1.96. The van der Waals surface area contributed by atoms with E-state index in [1.165, 1.54) is 11.5 Å². The number of hydrogen-bond acceptors (Lipinski definition) is 6. The summed E-state index contributed by atoms with van der Waals surface area (Å²) in [6.45, 7) is 1.34. The number of nitrogens with one attached hydrogen (secondary N) is 1. The molecule has 0 fully saturated rings. The SMILES string of the molecule is COCCNc1nc(-c2ccc(Cl)cn2)ns1. The van der Waals surface area contributed by atoms with Crippen molar-refractivity contribution in [3.05, 3.63) is 23.4 Å². The van der Waals surface area contributed by atoms with Crippen LogP contribution in [0.2, 0.25) is 5.02 Å². The average Bonchev–Trinajstić information content (AvgIpc) is 2.79. The van der Waals surface area contributed by atoms with E-state index in [1.54, 1.807) is 25.4 Å². The van der Waals surface area contributed by atoms with Crippen LogP contribution in [0.25, 0.3) is 11.5 Å². The molecule has 2 rings (SSSR count). The minimum absolute atomic E-state index is 0.599. The number of nitrogens with zero attached hydrogens (tertiary/aromatic N) is 3. The van der Waals surface area contributed by atoms with Gasteiger partial charge in [0.25, 0.3) is 0 Å². The Kier molecular flexibility index (Phi) is 4.24. The van der Waals surface area contributed by atoms with Crippen LogP contribution < -0.4 is 5.32 Å². The van der Waals surface area contributed by atoms with Gasteiger partial charge in [-0.3, -0.25) is 4.98 Å². The van der Waals surface area contributed by atoms with Gasteiger partial charge in [-0.25, -0.2) is 0 Å². The number of rotatable bonds is 5. The van der Waals surface area contributed by atoms with Crippen molar-refractivity contribution in [1.82, 2.24) is 14.3 Å². The zero-order valence-corrected chi connectivity index (χ0v) is 10.8. The summed E-state index contributed by atoms with van der Waals surface area (Å²) in [5.41, 5.74) is 0.713. The summed E-state index contributed by atoms with van der Waals surface area (Å²) in [6.07, 6.45) is 1.58. The van der Waals surface area contributed by atoms with Gasteiger partial charge in [0.15, 0.2) is 5.82 Å². The molecule has 90 valence electrons. The van der Waals surface area contributed by atoms with Crippen LogP contribution in [0.15, 0.2) is 18.3 Å². The van der Waals surface area contributed by atoms with E-state index in [1.807, 2.05) is 0 Å². The highest BCUT2D eigenvalue weighted by Gasteiger charge is 2.07. The first-order valence-corrected chi connectivity index (χ1v) is 6.13. The molecule has 0 spiro atoms. The summed E-state index contributed by atoms with van der Waals surface area (Å²) in [6, 6.07) is 3.56. The Balaban J connectivity index is 2.04. The van der Waals surface area contributed by atoms with Crippen molar-refractivity contribution in [1.29, 1.82) is 0 Å². The van der Waals surface area contributed by atoms with E-state index < -0.39 is 0 Å². The van der Waals surface area contributed by atoms with E-state index in [2.05, 4.69) is 19.7 Å². The molecule has 0 saturated heterocycles. The smallest absolute Gasteiger partial charge is 0.203 e. The molecule has 0 amide bonds. The maximum absolute atomic E-state index is 5.76. The largest absolute Gasteiger partial charge is 0.383 e. The van der Waals surface area contributed by atoms with Gasteiger partial charge in [0, 0.05) is 31.4 Å². The maximum atomic E-state index is 5.76. The fraction of sp³-hybridized carbons (Fsp3) is 0.300. The van der Waals surface area contributed by atoms with Gasteiger partial charge in [0.05, 0.1) is 11.6 Å². The molecule has 17 heavy (non-hydrogen) atoms. The molecular weight excluding hydrogens is 260 g/mol. The van der Waals surface area contributed by atoms with Crippen molar-refractivity contribution in [2.45, 2.75) is 0 Å². The van der Waals surface area contributed by atoms with E-state index in [0.717, 1.165) is 5.13 Å². The predicted molar refractivity (Wildman–Crippen MR) is 68.5 cm³/mol. The second kappa shape index (κ2) is 5.90. The number of anilines is 1. The minimum atomic E-state index is 0.599. The van der Waals surface area contributed by atoms with E-state index in [0.29, 0.717) is 29.7 Å². The van der Waals surface area contributed by atoms with Gasteiger partial charge >= 0.3 is 0 Å². The lowest BCUT2D eigenvalue weighted by atomic mass is 10.3. The highest BCUT2D eigenvalue weighted by molar-refractivity contribution is 7.09. The topological polar surface area (TPSA) is 59.9 Å². The highest BCUT2D eigenvalue weighted by atomic mass is 35.5. The fourth-order valence-corrected chi connectivity index (χ4v) is 1.88. The van der Waals surface area contributed by atoms with Gasteiger partial charge in [-0.1, -0.05) is 11.6 Å². The van der Waals surface area contributed by atoms with Gasteiger partial charge in [-0.2, -0.15) is 9.36 Å². The van der Waals surface area contributed by atoms with Gasteiger partial charge < -0.3 is 10.1 Å². The molecular formula is C10H11ClN4OS. The molecule has 1 N–H and O–H groups in total. The summed E-state index contributed by atoms with van der Waals surface area (Å²) in [7, 11) is 1.66. The molecule has 0 aromatic carbocycles. The quantitative estimate of drug-likeness (QED) is 0.845. The van der Waals surface area contributed by atoms with E-state index >= 15 is 0 Å². The molecule has 0 aliphatic heterocycles. The molecule has 0 saturated carbocycles. The fourth-order valence-electron chi connectivity index (χ4n) is 1.17. The zero-order valence-electron chi connectivity index (χ0n) is 9.18. The van der Waals surface area contributed by atoms with Crippen molar-refractivity contribution in [3.63, 3.8) is 0 Å². The summed E-state index contributed by atoms with van der Waals surface area (Å²) >= 11 is 7.06. The Bertz CT molecular complexity index is 473. The monoisotopic (exact) mass is 270 g/mol. The third kappa shape index (κ3) is 3.36.